The molecule has 8 aromatic rings. The third-order valence-corrected chi connectivity index (χ3v) is 8.23. The maximum absolute atomic E-state index is 9.90. The maximum Gasteiger partial charge on any atom is 0.0651 e. The SMILES string of the molecule is [2H]c1c([2H])c([2H])c(N(c2c([2H])c([2H])c([2H])c(-c3ccc4c(c3)c3ccccc3n4-c3ccccc3)c2[2H])c2c([2H])c([2H])c3c(c2[2H])C(C([2H])([2H])[2H])(C([2H])([2H])[2H])c2c([2H])c([2H])c([2H])c([2H])c2-3)c([2H])c1[2H]. The third-order valence-electron chi connectivity index (χ3n) is 8.23. The van der Waals surface area contributed by atoms with Crippen LogP contribution >= 0.6 is 0 Å². The monoisotopic (exact) mass is 624 g/mol. The van der Waals surface area contributed by atoms with Gasteiger partial charge in [0.05, 0.1) is 33.0 Å². The van der Waals surface area contributed by atoms with Crippen molar-refractivity contribution in [2.45, 2.75) is 19.1 Å². The Balaban J connectivity index is 1.45. The van der Waals surface area contributed by atoms with Gasteiger partial charge in [-0.1, -0.05) is 117 Å². The van der Waals surface area contributed by atoms with E-state index in [1.54, 1.807) is 18.2 Å². The summed E-state index contributed by atoms with van der Waals surface area (Å²) in [4.78, 5) is 0.483. The summed E-state index contributed by atoms with van der Waals surface area (Å²) in [6, 6.07) is 5.62. The number of hydrogen-bond acceptors (Lipinski definition) is 1. The molecule has 1 aliphatic carbocycles. The van der Waals surface area contributed by atoms with Gasteiger partial charge >= 0.3 is 0 Å². The number of aromatic nitrogens is 1. The van der Waals surface area contributed by atoms with Crippen LogP contribution in [-0.2, 0) is 5.41 Å². The van der Waals surface area contributed by atoms with Crippen LogP contribution in [0.5, 0.6) is 0 Å². The van der Waals surface area contributed by atoms with E-state index >= 15 is 0 Å². The van der Waals surface area contributed by atoms with E-state index in [2.05, 4.69) is 0 Å². The Morgan fingerprint density at radius 1 is 0.553 bits per heavy atom. The molecule has 9 rings (SSSR count). The first-order valence-electron chi connectivity index (χ1n) is 25.6. The Morgan fingerprint density at radius 2 is 1.28 bits per heavy atom. The zero-order valence-electron chi connectivity index (χ0n) is 46.3. The number of hydrogen-bond donors (Lipinski definition) is 0. The van der Waals surface area contributed by atoms with E-state index in [-0.39, 0.29) is 11.1 Å². The molecule has 0 atom stereocenters. The van der Waals surface area contributed by atoms with E-state index in [0.717, 1.165) is 16.6 Å². The zero-order valence-corrected chi connectivity index (χ0v) is 24.3. The highest BCUT2D eigenvalue weighted by Crippen LogP contribution is 2.50. The highest BCUT2D eigenvalue weighted by Gasteiger charge is 2.35. The molecule has 1 aromatic heterocycles. The lowest BCUT2D eigenvalue weighted by Gasteiger charge is -2.28. The molecule has 0 saturated carbocycles. The molecule has 0 spiro atoms. The first kappa shape index (κ1) is 13.1. The van der Waals surface area contributed by atoms with Crippen molar-refractivity contribution in [1.82, 2.24) is 4.57 Å². The molecule has 0 unspecified atom stereocenters. The second-order valence-electron chi connectivity index (χ2n) is 10.9. The Bertz CT molecular complexity index is 3510. The molecular formula is C45H34N2. The molecule has 224 valence electrons. The summed E-state index contributed by atoms with van der Waals surface area (Å²) >= 11 is 0. The highest BCUT2D eigenvalue weighted by molar-refractivity contribution is 6.10. The van der Waals surface area contributed by atoms with Crippen molar-refractivity contribution in [3.63, 3.8) is 0 Å². The van der Waals surface area contributed by atoms with E-state index < -0.39 is 155 Å². The average Bonchev–Trinajstić information content (AvgIpc) is 3.83. The summed E-state index contributed by atoms with van der Waals surface area (Å²) < 4.78 is 200. The largest absolute Gasteiger partial charge is 0.310 e. The quantitative estimate of drug-likeness (QED) is 0.185. The van der Waals surface area contributed by atoms with E-state index in [4.69, 9.17) is 21.9 Å². The second-order valence-corrected chi connectivity index (χ2v) is 10.9. The number of anilines is 3. The predicted octanol–water partition coefficient (Wildman–Crippen LogP) is 12.2. The summed E-state index contributed by atoms with van der Waals surface area (Å²) in [5.41, 5.74) is -8.16. The van der Waals surface area contributed by atoms with Gasteiger partial charge in [0, 0.05) is 47.2 Å². The van der Waals surface area contributed by atoms with Gasteiger partial charge in [-0.25, -0.2) is 0 Å². The van der Waals surface area contributed by atoms with E-state index in [0.29, 0.717) is 15.8 Å². The van der Waals surface area contributed by atoms with Gasteiger partial charge in [0.1, 0.15) is 0 Å². The van der Waals surface area contributed by atoms with Crippen LogP contribution in [0.4, 0.5) is 17.1 Å². The first-order valence-corrected chi connectivity index (χ1v) is 14.6. The summed E-state index contributed by atoms with van der Waals surface area (Å²) in [6.45, 7) is -7.67. The van der Waals surface area contributed by atoms with Gasteiger partial charge in [-0.3, -0.25) is 0 Å². The fourth-order valence-corrected chi connectivity index (χ4v) is 6.15. The molecule has 2 heteroatoms. The molecule has 0 saturated heterocycles. The number of nitrogens with zero attached hydrogens (tertiary/aromatic N) is 2. The van der Waals surface area contributed by atoms with Crippen molar-refractivity contribution in [3.8, 4) is 27.9 Å². The molecule has 0 N–H and O–H groups in total. The molecule has 0 bridgehead atoms. The fourth-order valence-electron chi connectivity index (χ4n) is 6.15. The maximum atomic E-state index is 9.90. The van der Waals surface area contributed by atoms with Crippen molar-refractivity contribution in [1.29, 1.82) is 0 Å². The number of benzene rings is 7. The van der Waals surface area contributed by atoms with Gasteiger partial charge in [0.25, 0.3) is 0 Å². The van der Waals surface area contributed by atoms with E-state index in [9.17, 15) is 8.22 Å². The minimum absolute atomic E-state index is 0.124. The average molecular weight is 625 g/mol. The Hall–Kier alpha value is -5.86. The number of fused-ring (bicyclic) bond motifs is 6. The molecule has 0 fully saturated rings. The topological polar surface area (TPSA) is 8.17 Å². The van der Waals surface area contributed by atoms with Crippen molar-refractivity contribution in [3.05, 3.63) is 181 Å². The predicted molar refractivity (Wildman–Crippen MR) is 198 cm³/mol. The summed E-state index contributed by atoms with van der Waals surface area (Å²) in [5.74, 6) is 0. The van der Waals surface area contributed by atoms with Crippen LogP contribution in [0.2, 0.25) is 0 Å². The lowest BCUT2D eigenvalue weighted by atomic mass is 9.82. The highest BCUT2D eigenvalue weighted by atomic mass is 15.1. The minimum Gasteiger partial charge on any atom is -0.310 e. The molecule has 2 nitrogen and oxygen atoms in total. The van der Waals surface area contributed by atoms with Crippen LogP contribution in [0, 0.1) is 0 Å². The van der Waals surface area contributed by atoms with Gasteiger partial charge in [-0.2, -0.15) is 0 Å². The van der Waals surface area contributed by atoms with Crippen LogP contribution in [0.25, 0.3) is 49.7 Å². The second kappa shape index (κ2) is 10.6. The van der Waals surface area contributed by atoms with Crippen molar-refractivity contribution >= 4 is 38.9 Å². The zero-order chi connectivity index (χ0) is 50.5. The number of para-hydroxylation sites is 3. The van der Waals surface area contributed by atoms with Crippen LogP contribution < -0.4 is 4.90 Å². The normalized spacial score (nSPS) is 20.3. The van der Waals surface area contributed by atoms with Gasteiger partial charge in [0.2, 0.25) is 0 Å². The van der Waals surface area contributed by atoms with Crippen molar-refractivity contribution in [2.24, 2.45) is 0 Å². The molecule has 1 heterocycles. The van der Waals surface area contributed by atoms with Crippen LogP contribution in [0.1, 0.15) is 55.0 Å². The van der Waals surface area contributed by atoms with Gasteiger partial charge in [-0.15, -0.1) is 0 Å². The molecule has 1 aliphatic rings. The first-order chi connectivity index (χ1) is 32.2. The van der Waals surface area contributed by atoms with E-state index in [1.807, 2.05) is 59.2 Å². The summed E-state index contributed by atoms with van der Waals surface area (Å²) in [7, 11) is 0. The van der Waals surface area contributed by atoms with E-state index in [1.165, 1.54) is 0 Å². The summed E-state index contributed by atoms with van der Waals surface area (Å²) in [6.07, 6.45) is 0. The Labute approximate surface area is 306 Å². The minimum atomic E-state index is -3.83. The third kappa shape index (κ3) is 4.33. The van der Waals surface area contributed by atoms with Gasteiger partial charge in [-0.05, 0) is 100.0 Å². The van der Waals surface area contributed by atoms with Gasteiger partial charge in [0.15, 0.2) is 0 Å². The summed E-state index contributed by atoms with van der Waals surface area (Å²) in [5, 5.41) is 1.36. The lowest BCUT2D eigenvalue weighted by molar-refractivity contribution is 0.660. The molecule has 0 aliphatic heterocycles. The molecule has 0 radical (unpaired) electrons. The van der Waals surface area contributed by atoms with Crippen molar-refractivity contribution < 1.29 is 30.2 Å². The van der Waals surface area contributed by atoms with Crippen LogP contribution in [0.15, 0.2) is 169 Å². The molecule has 47 heavy (non-hydrogen) atoms. The van der Waals surface area contributed by atoms with Crippen LogP contribution in [-0.4, -0.2) is 4.57 Å². The van der Waals surface area contributed by atoms with Crippen molar-refractivity contribution in [2.75, 3.05) is 4.90 Å². The number of rotatable bonds is 5. The standard InChI is InChI=1S/C45H34N2/c1-45(2)41-22-11-9-20-37(41)38-26-25-36(30-42(38)45)46(33-15-5-3-6-16-33)35-19-13-14-31(28-35)32-24-27-44-40(29-32)39-21-10-12-23-43(39)47(44)34-17-7-4-8-18-34/h3-30H,1-2H3/i1D3,2D3,3D,5D,6D,9D,11D,13D,14D,15D,16D,19D,20D,22D,25D,26D,28D,30D. The Kier molecular flexibility index (Phi) is 2.96. The Morgan fingerprint density at radius 3 is 2.15 bits per heavy atom. The fraction of sp³-hybridized carbons (Fsp3) is 0.0667. The molecule has 0 amide bonds. The lowest BCUT2D eigenvalue weighted by Crippen LogP contribution is -2.16. The smallest absolute Gasteiger partial charge is 0.0651 e. The van der Waals surface area contributed by atoms with Gasteiger partial charge < -0.3 is 9.47 Å². The molecule has 7 aromatic carbocycles. The molecular weight excluding hydrogens is 569 g/mol. The van der Waals surface area contributed by atoms with Crippen LogP contribution in [0.3, 0.4) is 0 Å².